The first-order valence-corrected chi connectivity index (χ1v) is 13.4. The van der Waals surface area contributed by atoms with Crippen LogP contribution in [0, 0.1) is 0 Å². The highest BCUT2D eigenvalue weighted by molar-refractivity contribution is 7.89. The molecule has 0 amide bonds. The Morgan fingerprint density at radius 3 is 2.22 bits per heavy atom. The summed E-state index contributed by atoms with van der Waals surface area (Å²) in [6.07, 6.45) is 0. The van der Waals surface area contributed by atoms with E-state index in [1.807, 2.05) is 72.8 Å². The monoisotopic (exact) mass is 497 g/mol. The second kappa shape index (κ2) is 9.68. The number of rotatable bonds is 7. The number of sulfonamides is 1. The Hall–Kier alpha value is -3.81. The first-order valence-electron chi connectivity index (χ1n) is 11.9. The number of fused-ring (bicyclic) bond motifs is 2. The quantitative estimate of drug-likeness (QED) is 0.303. The fraction of sp³-hybridized carbons (Fsp3) is 0.172. The topological polar surface area (TPSA) is 72.3 Å². The summed E-state index contributed by atoms with van der Waals surface area (Å²) in [5, 5.41) is 2.02. The lowest BCUT2D eigenvalue weighted by molar-refractivity contribution is 0.335. The molecule has 7 heteroatoms. The standard InChI is InChI=1S/C29H27N3O3S/c1-3-32(36(34,35)27-19-11-15-23-14-7-8-16-24(23)27)21(2)28-30-26-18-10-9-17-25(26)29(33)31(28)20-22-12-5-4-6-13-22/h4-19,21H,3,20H2,1-2H3. The van der Waals surface area contributed by atoms with E-state index in [9.17, 15) is 13.2 Å². The van der Waals surface area contributed by atoms with E-state index in [1.54, 1.807) is 42.7 Å². The van der Waals surface area contributed by atoms with Gasteiger partial charge in [0.15, 0.2) is 0 Å². The number of nitrogens with zero attached hydrogens (tertiary/aromatic N) is 3. The van der Waals surface area contributed by atoms with Gasteiger partial charge in [0.1, 0.15) is 5.82 Å². The number of hydrogen-bond acceptors (Lipinski definition) is 4. The molecule has 0 bridgehead atoms. The normalized spacial score (nSPS) is 12.9. The van der Waals surface area contributed by atoms with Gasteiger partial charge in [-0.15, -0.1) is 0 Å². The maximum atomic E-state index is 14.0. The highest BCUT2D eigenvalue weighted by Gasteiger charge is 2.32. The maximum Gasteiger partial charge on any atom is 0.261 e. The summed E-state index contributed by atoms with van der Waals surface area (Å²) in [7, 11) is -3.90. The zero-order valence-corrected chi connectivity index (χ0v) is 21.0. The molecule has 0 aliphatic carbocycles. The van der Waals surface area contributed by atoms with Crippen molar-refractivity contribution in [3.05, 3.63) is 119 Å². The summed E-state index contributed by atoms with van der Waals surface area (Å²) in [4.78, 5) is 18.7. The molecular formula is C29H27N3O3S. The van der Waals surface area contributed by atoms with E-state index >= 15 is 0 Å². The summed E-state index contributed by atoms with van der Waals surface area (Å²) in [5.74, 6) is 0.410. The number of benzene rings is 4. The van der Waals surface area contributed by atoms with Crippen LogP contribution in [0.4, 0.5) is 0 Å². The third-order valence-electron chi connectivity index (χ3n) is 6.53. The van der Waals surface area contributed by atoms with Crippen LogP contribution in [0.25, 0.3) is 21.7 Å². The van der Waals surface area contributed by atoms with Crippen molar-refractivity contribution in [3.63, 3.8) is 0 Å². The molecule has 0 N–H and O–H groups in total. The van der Waals surface area contributed by atoms with Gasteiger partial charge in [-0.25, -0.2) is 13.4 Å². The SMILES string of the molecule is CCN(C(C)c1nc2ccccc2c(=O)n1Cc1ccccc1)S(=O)(=O)c1cccc2ccccc12. The molecule has 0 aliphatic rings. The van der Waals surface area contributed by atoms with E-state index in [-0.39, 0.29) is 17.0 Å². The number of hydrogen-bond donors (Lipinski definition) is 0. The predicted octanol–water partition coefficient (Wildman–Crippen LogP) is 5.37. The number of para-hydroxylation sites is 1. The van der Waals surface area contributed by atoms with E-state index in [0.29, 0.717) is 28.7 Å². The Bertz CT molecular complexity index is 1710. The molecule has 0 spiro atoms. The van der Waals surface area contributed by atoms with Gasteiger partial charge in [0.05, 0.1) is 28.4 Å². The van der Waals surface area contributed by atoms with Gasteiger partial charge >= 0.3 is 0 Å². The molecule has 0 radical (unpaired) electrons. The molecule has 5 rings (SSSR count). The van der Waals surface area contributed by atoms with Gasteiger partial charge in [0, 0.05) is 11.9 Å². The largest absolute Gasteiger partial charge is 0.290 e. The Balaban J connectivity index is 1.68. The van der Waals surface area contributed by atoms with Crippen LogP contribution in [-0.4, -0.2) is 28.8 Å². The minimum Gasteiger partial charge on any atom is -0.290 e. The Morgan fingerprint density at radius 1 is 0.833 bits per heavy atom. The second-order valence-electron chi connectivity index (χ2n) is 8.73. The molecule has 5 aromatic rings. The van der Waals surface area contributed by atoms with Crippen LogP contribution in [0.2, 0.25) is 0 Å². The zero-order valence-electron chi connectivity index (χ0n) is 20.2. The lowest BCUT2D eigenvalue weighted by Gasteiger charge is -2.29. The third kappa shape index (κ3) is 4.21. The molecule has 6 nitrogen and oxygen atoms in total. The Labute approximate surface area is 210 Å². The van der Waals surface area contributed by atoms with Gasteiger partial charge in [0.25, 0.3) is 5.56 Å². The highest BCUT2D eigenvalue weighted by Crippen LogP contribution is 2.31. The van der Waals surface area contributed by atoms with Crippen LogP contribution in [0.1, 0.15) is 31.3 Å². The Kier molecular flexibility index (Phi) is 6.43. The lowest BCUT2D eigenvalue weighted by Crippen LogP contribution is -2.38. The summed E-state index contributed by atoms with van der Waals surface area (Å²) in [6, 6.07) is 28.9. The van der Waals surface area contributed by atoms with E-state index in [0.717, 1.165) is 10.9 Å². The van der Waals surface area contributed by atoms with Gasteiger partial charge in [0.2, 0.25) is 10.0 Å². The fourth-order valence-corrected chi connectivity index (χ4v) is 6.57. The van der Waals surface area contributed by atoms with Crippen LogP contribution in [0.5, 0.6) is 0 Å². The first-order chi connectivity index (χ1) is 17.4. The zero-order chi connectivity index (χ0) is 25.3. The molecule has 0 aliphatic heterocycles. The highest BCUT2D eigenvalue weighted by atomic mass is 32.2. The molecule has 0 saturated heterocycles. The summed E-state index contributed by atoms with van der Waals surface area (Å²) < 4.78 is 31.1. The molecule has 1 aromatic heterocycles. The summed E-state index contributed by atoms with van der Waals surface area (Å²) in [5.41, 5.74) is 1.29. The maximum absolute atomic E-state index is 14.0. The average Bonchev–Trinajstić information content (AvgIpc) is 2.90. The minimum absolute atomic E-state index is 0.190. The van der Waals surface area contributed by atoms with Crippen LogP contribution in [0.3, 0.4) is 0 Å². The molecule has 0 saturated carbocycles. The van der Waals surface area contributed by atoms with Crippen LogP contribution in [-0.2, 0) is 16.6 Å². The average molecular weight is 498 g/mol. The van der Waals surface area contributed by atoms with E-state index in [1.165, 1.54) is 4.31 Å². The molecular weight excluding hydrogens is 470 g/mol. The van der Waals surface area contributed by atoms with Crippen molar-refractivity contribution in [1.29, 1.82) is 0 Å². The fourth-order valence-electron chi connectivity index (χ4n) is 4.75. The van der Waals surface area contributed by atoms with Crippen molar-refractivity contribution < 1.29 is 8.42 Å². The Morgan fingerprint density at radius 2 is 1.47 bits per heavy atom. The molecule has 1 atom stereocenters. The molecule has 0 fully saturated rings. The lowest BCUT2D eigenvalue weighted by atomic mass is 10.1. The number of aromatic nitrogens is 2. The van der Waals surface area contributed by atoms with E-state index in [2.05, 4.69) is 0 Å². The van der Waals surface area contributed by atoms with Crippen LogP contribution < -0.4 is 5.56 Å². The summed E-state index contributed by atoms with van der Waals surface area (Å²) in [6.45, 7) is 4.12. The van der Waals surface area contributed by atoms with E-state index in [4.69, 9.17) is 4.98 Å². The van der Waals surface area contributed by atoms with Crippen LogP contribution >= 0.6 is 0 Å². The van der Waals surface area contributed by atoms with Crippen molar-refractivity contribution in [2.45, 2.75) is 31.3 Å². The van der Waals surface area contributed by atoms with Gasteiger partial charge < -0.3 is 0 Å². The minimum atomic E-state index is -3.90. The molecule has 4 aromatic carbocycles. The first kappa shape index (κ1) is 23.9. The van der Waals surface area contributed by atoms with Gasteiger partial charge in [-0.3, -0.25) is 9.36 Å². The second-order valence-corrected chi connectivity index (χ2v) is 10.6. The van der Waals surface area contributed by atoms with Crippen molar-refractivity contribution in [1.82, 2.24) is 13.9 Å². The summed E-state index contributed by atoms with van der Waals surface area (Å²) >= 11 is 0. The van der Waals surface area contributed by atoms with Crippen LogP contribution in [0.15, 0.2) is 107 Å². The van der Waals surface area contributed by atoms with Crippen molar-refractivity contribution >= 4 is 31.7 Å². The molecule has 36 heavy (non-hydrogen) atoms. The predicted molar refractivity (Wildman–Crippen MR) is 143 cm³/mol. The molecule has 1 unspecified atom stereocenters. The van der Waals surface area contributed by atoms with Gasteiger partial charge in [-0.2, -0.15) is 4.31 Å². The van der Waals surface area contributed by atoms with Crippen molar-refractivity contribution in [2.75, 3.05) is 6.54 Å². The molecule has 1 heterocycles. The third-order valence-corrected chi connectivity index (χ3v) is 8.63. The smallest absolute Gasteiger partial charge is 0.261 e. The van der Waals surface area contributed by atoms with Crippen molar-refractivity contribution in [3.8, 4) is 0 Å². The van der Waals surface area contributed by atoms with Gasteiger partial charge in [-0.1, -0.05) is 85.8 Å². The van der Waals surface area contributed by atoms with E-state index < -0.39 is 16.1 Å². The van der Waals surface area contributed by atoms with Crippen molar-refractivity contribution in [2.24, 2.45) is 0 Å². The van der Waals surface area contributed by atoms with Gasteiger partial charge in [-0.05, 0) is 36.1 Å². The molecule has 182 valence electrons.